The Morgan fingerprint density at radius 3 is 2.41 bits per heavy atom. The molecule has 1 aliphatic rings. The molecule has 3 aromatic heterocycles. The summed E-state index contributed by atoms with van der Waals surface area (Å²) in [5.41, 5.74) is 12.2. The molecule has 0 unspecified atom stereocenters. The van der Waals surface area contributed by atoms with Crippen LogP contribution in [0.15, 0.2) is 79.0 Å². The molecule has 198 valence electrons. The zero-order chi connectivity index (χ0) is 26.4. The standard InChI is InChI=1S/C31H34N8/c32-31-37-29(35-21-22-15-17-23(18-16-22)26-13-6-7-19-34-26)28-30(38-31)39(25-11-4-5-12-25)27(36-28)14-8-20-33-24-9-2-1-3-10-24/h1-3,6-7,9-10,13,15-19,25,33H,4-5,8,11-12,14,20-21H2,(H3,32,35,37,38). The smallest absolute Gasteiger partial charge is 0.224 e. The average Bonchev–Trinajstić information content (AvgIpc) is 3.63. The number of nitrogens with zero attached hydrogens (tertiary/aromatic N) is 5. The molecule has 1 saturated carbocycles. The predicted octanol–water partition coefficient (Wildman–Crippen LogP) is 6.24. The summed E-state index contributed by atoms with van der Waals surface area (Å²) >= 11 is 0. The largest absolute Gasteiger partial charge is 0.385 e. The molecule has 0 saturated heterocycles. The SMILES string of the molecule is Nc1nc(NCc2ccc(-c3ccccn3)cc2)c2nc(CCCNc3ccccc3)n(C3CCCC3)c2n1. The van der Waals surface area contributed by atoms with E-state index in [-0.39, 0.29) is 5.95 Å². The summed E-state index contributed by atoms with van der Waals surface area (Å²) in [6.45, 7) is 1.49. The van der Waals surface area contributed by atoms with Gasteiger partial charge in [0.05, 0.1) is 5.69 Å². The van der Waals surface area contributed by atoms with Crippen molar-refractivity contribution in [1.82, 2.24) is 24.5 Å². The summed E-state index contributed by atoms with van der Waals surface area (Å²) in [5.74, 6) is 2.02. The van der Waals surface area contributed by atoms with Gasteiger partial charge in [-0.25, -0.2) is 4.98 Å². The first kappa shape index (κ1) is 24.9. The zero-order valence-corrected chi connectivity index (χ0v) is 22.1. The van der Waals surface area contributed by atoms with Crippen LogP contribution in [0.25, 0.3) is 22.4 Å². The highest BCUT2D eigenvalue weighted by Gasteiger charge is 2.25. The molecule has 2 aromatic carbocycles. The number of nitrogens with two attached hydrogens (primary N) is 1. The number of anilines is 3. The second kappa shape index (κ2) is 11.5. The lowest BCUT2D eigenvalue weighted by Crippen LogP contribution is -2.12. The minimum atomic E-state index is 0.270. The molecular weight excluding hydrogens is 484 g/mol. The van der Waals surface area contributed by atoms with E-state index in [2.05, 4.69) is 66.6 Å². The third-order valence-electron chi connectivity index (χ3n) is 7.37. The van der Waals surface area contributed by atoms with Crippen LogP contribution in [0.5, 0.6) is 0 Å². The van der Waals surface area contributed by atoms with Crippen LogP contribution < -0.4 is 16.4 Å². The molecule has 39 heavy (non-hydrogen) atoms. The minimum Gasteiger partial charge on any atom is -0.385 e. The molecule has 3 heterocycles. The summed E-state index contributed by atoms with van der Waals surface area (Å²) in [6.07, 6.45) is 8.42. The fourth-order valence-corrected chi connectivity index (χ4v) is 5.43. The highest BCUT2D eigenvalue weighted by molar-refractivity contribution is 5.85. The quantitative estimate of drug-likeness (QED) is 0.188. The van der Waals surface area contributed by atoms with Gasteiger partial charge in [0.2, 0.25) is 5.95 Å². The van der Waals surface area contributed by atoms with E-state index in [0.29, 0.717) is 18.4 Å². The molecule has 0 spiro atoms. The van der Waals surface area contributed by atoms with Gasteiger partial charge in [-0.1, -0.05) is 61.4 Å². The van der Waals surface area contributed by atoms with E-state index in [9.17, 15) is 0 Å². The van der Waals surface area contributed by atoms with Crippen molar-refractivity contribution >= 4 is 28.6 Å². The number of para-hydroxylation sites is 1. The van der Waals surface area contributed by atoms with Crippen LogP contribution in [0.4, 0.5) is 17.5 Å². The van der Waals surface area contributed by atoms with Gasteiger partial charge >= 0.3 is 0 Å². The summed E-state index contributed by atoms with van der Waals surface area (Å²) in [7, 11) is 0. The molecule has 5 aromatic rings. The average molecular weight is 519 g/mol. The van der Waals surface area contributed by atoms with E-state index in [0.717, 1.165) is 71.7 Å². The maximum atomic E-state index is 6.22. The summed E-state index contributed by atoms with van der Waals surface area (Å²) < 4.78 is 2.34. The molecule has 0 atom stereocenters. The topological polar surface area (TPSA) is 107 Å². The van der Waals surface area contributed by atoms with E-state index < -0.39 is 0 Å². The highest BCUT2D eigenvalue weighted by atomic mass is 15.2. The van der Waals surface area contributed by atoms with Crippen LogP contribution in [0.3, 0.4) is 0 Å². The van der Waals surface area contributed by atoms with Crippen molar-refractivity contribution in [2.24, 2.45) is 0 Å². The third kappa shape index (κ3) is 5.70. The Kier molecular flexibility index (Phi) is 7.34. The third-order valence-corrected chi connectivity index (χ3v) is 7.37. The Hall–Kier alpha value is -4.46. The molecular formula is C31H34N8. The first-order chi connectivity index (χ1) is 19.2. The number of nitrogens with one attached hydrogen (secondary N) is 2. The molecule has 1 aliphatic carbocycles. The number of benzene rings is 2. The lowest BCUT2D eigenvalue weighted by Gasteiger charge is -2.16. The monoisotopic (exact) mass is 518 g/mol. The number of aryl methyl sites for hydroxylation is 1. The first-order valence-electron chi connectivity index (χ1n) is 13.8. The van der Waals surface area contributed by atoms with Crippen molar-refractivity contribution in [1.29, 1.82) is 0 Å². The molecule has 8 nitrogen and oxygen atoms in total. The predicted molar refractivity (Wildman–Crippen MR) is 157 cm³/mol. The number of fused-ring (bicyclic) bond motifs is 1. The fraction of sp³-hybridized carbons (Fsp3) is 0.290. The molecule has 8 heteroatoms. The fourth-order valence-electron chi connectivity index (χ4n) is 5.43. The van der Waals surface area contributed by atoms with Crippen LogP contribution >= 0.6 is 0 Å². The Labute approximate surface area is 228 Å². The van der Waals surface area contributed by atoms with Gasteiger partial charge in [0.1, 0.15) is 5.82 Å². The maximum absolute atomic E-state index is 6.22. The summed E-state index contributed by atoms with van der Waals surface area (Å²) in [5, 5.41) is 7.00. The molecule has 1 fully saturated rings. The number of imidazole rings is 1. The molecule has 0 aliphatic heterocycles. The van der Waals surface area contributed by atoms with E-state index in [1.54, 1.807) is 0 Å². The van der Waals surface area contributed by atoms with Crippen LogP contribution in [0.2, 0.25) is 0 Å². The lowest BCUT2D eigenvalue weighted by molar-refractivity contribution is 0.505. The van der Waals surface area contributed by atoms with Crippen LogP contribution in [0.1, 0.15) is 49.5 Å². The highest BCUT2D eigenvalue weighted by Crippen LogP contribution is 2.35. The van der Waals surface area contributed by atoms with Crippen LogP contribution in [-0.4, -0.2) is 31.0 Å². The van der Waals surface area contributed by atoms with Crippen molar-refractivity contribution < 1.29 is 0 Å². The van der Waals surface area contributed by atoms with Gasteiger partial charge in [-0.3, -0.25) is 4.98 Å². The summed E-state index contributed by atoms with van der Waals surface area (Å²) in [6, 6.07) is 25.1. The van der Waals surface area contributed by atoms with Crippen molar-refractivity contribution in [2.75, 3.05) is 22.9 Å². The number of aromatic nitrogens is 5. The van der Waals surface area contributed by atoms with Crippen molar-refractivity contribution in [2.45, 2.75) is 51.1 Å². The summed E-state index contributed by atoms with van der Waals surface area (Å²) in [4.78, 5) is 18.8. The Bertz CT molecular complexity index is 1510. The Morgan fingerprint density at radius 1 is 0.846 bits per heavy atom. The van der Waals surface area contributed by atoms with Crippen molar-refractivity contribution in [3.05, 3.63) is 90.4 Å². The zero-order valence-electron chi connectivity index (χ0n) is 22.1. The molecule has 0 radical (unpaired) electrons. The van der Waals surface area contributed by atoms with Gasteiger partial charge in [0, 0.05) is 43.0 Å². The van der Waals surface area contributed by atoms with Gasteiger partial charge in [-0.15, -0.1) is 0 Å². The number of rotatable bonds is 10. The molecule has 4 N–H and O–H groups in total. The van der Waals surface area contributed by atoms with Crippen LogP contribution in [0, 0.1) is 0 Å². The molecule has 0 bridgehead atoms. The Morgan fingerprint density at radius 2 is 1.64 bits per heavy atom. The van der Waals surface area contributed by atoms with Gasteiger partial charge in [-0.2, -0.15) is 9.97 Å². The van der Waals surface area contributed by atoms with Crippen molar-refractivity contribution in [3.8, 4) is 11.3 Å². The second-order valence-corrected chi connectivity index (χ2v) is 10.1. The van der Waals surface area contributed by atoms with Gasteiger partial charge < -0.3 is 20.9 Å². The van der Waals surface area contributed by atoms with E-state index in [1.165, 1.54) is 12.8 Å². The van der Waals surface area contributed by atoms with Gasteiger partial charge in [0.25, 0.3) is 0 Å². The van der Waals surface area contributed by atoms with Gasteiger partial charge in [0.15, 0.2) is 17.0 Å². The first-order valence-corrected chi connectivity index (χ1v) is 13.8. The lowest BCUT2D eigenvalue weighted by atomic mass is 10.1. The van der Waals surface area contributed by atoms with Crippen LogP contribution in [-0.2, 0) is 13.0 Å². The van der Waals surface area contributed by atoms with Crippen molar-refractivity contribution in [3.63, 3.8) is 0 Å². The number of hydrogen-bond donors (Lipinski definition) is 3. The van der Waals surface area contributed by atoms with Gasteiger partial charge in [-0.05, 0) is 49.1 Å². The normalized spacial score (nSPS) is 13.6. The number of hydrogen-bond acceptors (Lipinski definition) is 7. The second-order valence-electron chi connectivity index (χ2n) is 10.1. The maximum Gasteiger partial charge on any atom is 0.224 e. The Balaban J connectivity index is 1.21. The molecule has 0 amide bonds. The number of pyridine rings is 1. The van der Waals surface area contributed by atoms with E-state index >= 15 is 0 Å². The van der Waals surface area contributed by atoms with E-state index in [1.807, 2.05) is 42.6 Å². The van der Waals surface area contributed by atoms with E-state index in [4.69, 9.17) is 10.7 Å². The molecule has 6 rings (SSSR count). The minimum absolute atomic E-state index is 0.270. The number of nitrogen functional groups attached to an aromatic ring is 1.